The average Bonchev–Trinajstić information content (AvgIpc) is 3.06. The third-order valence-electron chi connectivity index (χ3n) is 4.98. The molecule has 0 fully saturated rings. The van der Waals surface area contributed by atoms with Gasteiger partial charge >= 0.3 is 0 Å². The maximum atomic E-state index is 13.4. The Bertz CT molecular complexity index is 1210. The van der Waals surface area contributed by atoms with Crippen LogP contribution in [0, 0.1) is 0 Å². The number of rotatable bonds is 6. The van der Waals surface area contributed by atoms with Gasteiger partial charge in [-0.05, 0) is 35.9 Å². The third kappa shape index (κ3) is 4.02. The van der Waals surface area contributed by atoms with Gasteiger partial charge in [0.15, 0.2) is 5.78 Å². The van der Waals surface area contributed by atoms with Crippen molar-refractivity contribution in [2.75, 3.05) is 11.1 Å². The molecule has 4 rings (SSSR count). The highest BCUT2D eigenvalue weighted by Gasteiger charge is 2.22. The molecule has 0 spiro atoms. The minimum atomic E-state index is -0.102. The summed E-state index contributed by atoms with van der Waals surface area (Å²) in [5.74, 6) is 0.337. The molecular formula is C25H22N2O2S. The first-order chi connectivity index (χ1) is 14.5. The fourth-order valence-corrected chi connectivity index (χ4v) is 4.44. The number of thioether (sulfide) groups is 1. The van der Waals surface area contributed by atoms with E-state index in [0.717, 1.165) is 38.3 Å². The number of fused-ring (bicyclic) bond motifs is 1. The first-order valence-corrected chi connectivity index (χ1v) is 10.7. The number of carbonyl (C=O) groups is 2. The van der Waals surface area contributed by atoms with Crippen molar-refractivity contribution in [1.29, 1.82) is 0 Å². The lowest BCUT2D eigenvalue weighted by Crippen LogP contribution is -2.06. The van der Waals surface area contributed by atoms with Crippen molar-refractivity contribution >= 4 is 40.0 Å². The summed E-state index contributed by atoms with van der Waals surface area (Å²) in [4.78, 5) is 25.5. The Balaban J connectivity index is 1.64. The highest BCUT2D eigenvalue weighted by molar-refractivity contribution is 8.00. The quantitative estimate of drug-likeness (QED) is 0.321. The minimum absolute atomic E-state index is 0.0987. The van der Waals surface area contributed by atoms with Crippen LogP contribution >= 0.6 is 11.8 Å². The zero-order chi connectivity index (χ0) is 21.1. The summed E-state index contributed by atoms with van der Waals surface area (Å²) in [5.41, 5.74) is 4.54. The molecule has 0 radical (unpaired) electrons. The van der Waals surface area contributed by atoms with E-state index < -0.39 is 0 Å². The summed E-state index contributed by atoms with van der Waals surface area (Å²) in [6, 6.07) is 25.6. The second kappa shape index (κ2) is 8.59. The fraction of sp³-hybridized carbons (Fsp3) is 0.120. The van der Waals surface area contributed by atoms with E-state index in [9.17, 15) is 9.59 Å². The van der Waals surface area contributed by atoms with Crippen molar-refractivity contribution in [2.45, 2.75) is 11.8 Å². The first-order valence-electron chi connectivity index (χ1n) is 9.71. The number of hydrogen-bond donors (Lipinski definition) is 1. The van der Waals surface area contributed by atoms with Crippen LogP contribution in [0.4, 0.5) is 5.69 Å². The molecule has 1 heterocycles. The van der Waals surface area contributed by atoms with Crippen LogP contribution in [0.3, 0.4) is 0 Å². The molecule has 4 aromatic rings. The van der Waals surface area contributed by atoms with Crippen LogP contribution in [-0.2, 0) is 11.8 Å². The van der Waals surface area contributed by atoms with Gasteiger partial charge in [-0.25, -0.2) is 0 Å². The van der Waals surface area contributed by atoms with E-state index >= 15 is 0 Å². The van der Waals surface area contributed by atoms with Gasteiger partial charge in [0.25, 0.3) is 0 Å². The van der Waals surface area contributed by atoms with Crippen LogP contribution in [0.2, 0.25) is 0 Å². The molecule has 0 saturated carbocycles. The molecule has 0 aliphatic heterocycles. The zero-order valence-electron chi connectivity index (χ0n) is 16.9. The maximum absolute atomic E-state index is 13.4. The van der Waals surface area contributed by atoms with Gasteiger partial charge in [-0.1, -0.05) is 48.5 Å². The molecule has 0 unspecified atom stereocenters. The smallest absolute Gasteiger partial charge is 0.221 e. The number of hydrogen-bond acceptors (Lipinski definition) is 3. The summed E-state index contributed by atoms with van der Waals surface area (Å²) in [6.45, 7) is 1.48. The molecule has 3 aromatic carbocycles. The van der Waals surface area contributed by atoms with E-state index in [4.69, 9.17) is 0 Å². The molecule has 0 aliphatic rings. The van der Waals surface area contributed by atoms with E-state index in [1.807, 2.05) is 85.9 Å². The van der Waals surface area contributed by atoms with Crippen molar-refractivity contribution in [3.8, 4) is 11.3 Å². The summed E-state index contributed by atoms with van der Waals surface area (Å²) in [6.07, 6.45) is 0. The summed E-state index contributed by atoms with van der Waals surface area (Å²) < 4.78 is 2.10. The lowest BCUT2D eigenvalue weighted by atomic mass is 10.0. The standard InChI is InChI=1S/C25H22N2O2S/c1-17(28)26-19-12-14-20(15-13-19)30-16-23(29)24-21-10-6-7-11-22(21)27(2)25(24)18-8-4-3-5-9-18/h3-15H,16H2,1-2H3,(H,26,28). The van der Waals surface area contributed by atoms with E-state index in [1.165, 1.54) is 18.7 Å². The Hall–Kier alpha value is -3.31. The molecule has 1 aromatic heterocycles. The summed E-state index contributed by atoms with van der Waals surface area (Å²) in [5, 5.41) is 3.73. The van der Waals surface area contributed by atoms with Crippen molar-refractivity contribution in [1.82, 2.24) is 4.57 Å². The zero-order valence-corrected chi connectivity index (χ0v) is 17.7. The van der Waals surface area contributed by atoms with Crippen molar-refractivity contribution in [2.24, 2.45) is 7.05 Å². The lowest BCUT2D eigenvalue weighted by molar-refractivity contribution is -0.114. The number of aryl methyl sites for hydroxylation is 1. The minimum Gasteiger partial charge on any atom is -0.343 e. The molecular weight excluding hydrogens is 392 g/mol. The number of nitrogens with one attached hydrogen (secondary N) is 1. The van der Waals surface area contributed by atoms with Crippen molar-refractivity contribution in [3.05, 3.63) is 84.4 Å². The third-order valence-corrected chi connectivity index (χ3v) is 5.99. The number of ketones is 1. The van der Waals surface area contributed by atoms with E-state index in [0.29, 0.717) is 5.75 Å². The number of carbonyl (C=O) groups excluding carboxylic acids is 2. The topological polar surface area (TPSA) is 51.1 Å². The predicted molar refractivity (Wildman–Crippen MR) is 124 cm³/mol. The van der Waals surface area contributed by atoms with Gasteiger partial charge in [0.05, 0.1) is 17.0 Å². The SMILES string of the molecule is CC(=O)Nc1ccc(SCC(=O)c2c(-c3ccccc3)n(C)c3ccccc23)cc1. The monoisotopic (exact) mass is 414 g/mol. The van der Waals surface area contributed by atoms with Gasteiger partial charge in [-0.3, -0.25) is 9.59 Å². The average molecular weight is 415 g/mol. The number of amides is 1. The van der Waals surface area contributed by atoms with Gasteiger partial charge in [-0.2, -0.15) is 0 Å². The van der Waals surface area contributed by atoms with E-state index in [2.05, 4.69) is 9.88 Å². The Kier molecular flexibility index (Phi) is 5.72. The number of aromatic nitrogens is 1. The molecule has 150 valence electrons. The van der Waals surface area contributed by atoms with Gasteiger partial charge in [0, 0.05) is 35.5 Å². The number of para-hydroxylation sites is 1. The second-order valence-electron chi connectivity index (χ2n) is 7.08. The normalized spacial score (nSPS) is 10.9. The molecule has 30 heavy (non-hydrogen) atoms. The van der Waals surface area contributed by atoms with Crippen molar-refractivity contribution < 1.29 is 9.59 Å². The highest BCUT2D eigenvalue weighted by Crippen LogP contribution is 2.34. The maximum Gasteiger partial charge on any atom is 0.221 e. The predicted octanol–water partition coefficient (Wildman–Crippen LogP) is 5.78. The molecule has 1 amide bonds. The second-order valence-corrected chi connectivity index (χ2v) is 8.13. The number of nitrogens with zero attached hydrogens (tertiary/aromatic N) is 1. The van der Waals surface area contributed by atoms with Gasteiger partial charge in [0.2, 0.25) is 5.91 Å². The van der Waals surface area contributed by atoms with Crippen molar-refractivity contribution in [3.63, 3.8) is 0 Å². The van der Waals surface area contributed by atoms with Crippen LogP contribution in [-0.4, -0.2) is 22.0 Å². The van der Waals surface area contributed by atoms with Crippen LogP contribution < -0.4 is 5.32 Å². The number of Topliss-reactive ketones (excluding diaryl/α,β-unsaturated/α-hetero) is 1. The van der Waals surface area contributed by atoms with Crippen LogP contribution in [0.25, 0.3) is 22.2 Å². The van der Waals surface area contributed by atoms with Gasteiger partial charge in [0.1, 0.15) is 0 Å². The largest absolute Gasteiger partial charge is 0.343 e. The number of benzene rings is 3. The Morgan fingerprint density at radius 3 is 2.27 bits per heavy atom. The van der Waals surface area contributed by atoms with E-state index in [1.54, 1.807) is 0 Å². The van der Waals surface area contributed by atoms with Crippen LogP contribution in [0.1, 0.15) is 17.3 Å². The Labute approximate surface area is 179 Å². The molecule has 0 bridgehead atoms. The van der Waals surface area contributed by atoms with Gasteiger partial charge in [-0.15, -0.1) is 11.8 Å². The fourth-order valence-electron chi connectivity index (χ4n) is 3.67. The summed E-state index contributed by atoms with van der Waals surface area (Å²) in [7, 11) is 2.01. The van der Waals surface area contributed by atoms with Crippen LogP contribution in [0.15, 0.2) is 83.8 Å². The molecule has 4 nitrogen and oxygen atoms in total. The molecule has 0 aliphatic carbocycles. The first kappa shape index (κ1) is 20.0. The molecule has 0 saturated heterocycles. The lowest BCUT2D eigenvalue weighted by Gasteiger charge is -2.08. The molecule has 1 N–H and O–H groups in total. The van der Waals surface area contributed by atoms with Gasteiger partial charge < -0.3 is 9.88 Å². The van der Waals surface area contributed by atoms with Crippen LogP contribution in [0.5, 0.6) is 0 Å². The van der Waals surface area contributed by atoms with E-state index in [-0.39, 0.29) is 11.7 Å². The Morgan fingerprint density at radius 2 is 1.57 bits per heavy atom. The molecule has 5 heteroatoms. The highest BCUT2D eigenvalue weighted by atomic mass is 32.2. The Morgan fingerprint density at radius 1 is 0.900 bits per heavy atom. The molecule has 0 atom stereocenters. The summed E-state index contributed by atoms with van der Waals surface area (Å²) >= 11 is 1.50. The number of anilines is 1.